The highest BCUT2D eigenvalue weighted by atomic mass is 19.4. The highest BCUT2D eigenvalue weighted by Crippen LogP contribution is 2.45. The minimum Gasteiger partial charge on any atom is -0.308 e. The molecule has 2 heterocycles. The Kier molecular flexibility index (Phi) is 8.33. The number of hydrogen-bond acceptors (Lipinski definition) is 1. The molecule has 6 heteroatoms. The smallest absolute Gasteiger partial charge is 0.308 e. The number of hydrogen-bond donors (Lipinski definition) is 0. The van der Waals surface area contributed by atoms with Crippen LogP contribution in [-0.2, 0) is 6.18 Å². The molecule has 3 nitrogen and oxygen atoms in total. The monoisotopic (exact) mass is 771 g/mol. The Labute approximate surface area is 339 Å². The highest BCUT2D eigenvalue weighted by molar-refractivity contribution is 6.13. The van der Waals surface area contributed by atoms with Gasteiger partial charge in [-0.3, -0.25) is 0 Å². The van der Waals surface area contributed by atoms with Crippen LogP contribution < -0.4 is 0 Å². The normalized spacial score (nSPS) is 11.9. The van der Waals surface area contributed by atoms with Gasteiger partial charge in [0.1, 0.15) is 0 Å². The lowest BCUT2D eigenvalue weighted by Gasteiger charge is -2.22. The fourth-order valence-corrected chi connectivity index (χ4v) is 8.89. The van der Waals surface area contributed by atoms with Crippen molar-refractivity contribution in [2.45, 2.75) is 26.9 Å². The van der Waals surface area contributed by atoms with Gasteiger partial charge in [-0.25, -0.2) is 0 Å². The minimum atomic E-state index is -4.52. The fourth-order valence-electron chi connectivity index (χ4n) is 8.89. The molecule has 0 radical (unpaired) electrons. The SMILES string of the molecule is Cc1cccc(-c2ccc3c4ccccc4n(-c4cc(C#N)cc(-n5c6ccccc6c6ccc(-c7cccc(C)c7)cc65)c4-c4ccc(C(F)(F)F)cc4C)c3c2)c1. The molecule has 2 aromatic heterocycles. The average Bonchev–Trinajstić information content (AvgIpc) is 3.75. The second kappa shape index (κ2) is 13.6. The maximum absolute atomic E-state index is 14.3. The summed E-state index contributed by atoms with van der Waals surface area (Å²) in [6.45, 7) is 5.88. The molecule has 0 bridgehead atoms. The molecule has 284 valence electrons. The molecule has 0 aliphatic heterocycles. The summed E-state index contributed by atoms with van der Waals surface area (Å²) in [7, 11) is 0. The van der Waals surface area contributed by atoms with Crippen molar-refractivity contribution in [3.63, 3.8) is 0 Å². The molecule has 0 saturated heterocycles. The zero-order chi connectivity index (χ0) is 40.6. The van der Waals surface area contributed by atoms with Crippen molar-refractivity contribution in [3.8, 4) is 50.8 Å². The Morgan fingerprint density at radius 3 is 1.39 bits per heavy atom. The molecular weight excluding hydrogens is 736 g/mol. The molecule has 0 amide bonds. The van der Waals surface area contributed by atoms with Gasteiger partial charge in [-0.2, -0.15) is 18.4 Å². The standard InChI is InChI=1S/C53H36F3N3/c1-32-10-8-12-36(24-32)38-18-21-44-42-14-4-6-16-46(42)58(48(44)29-38)50-27-35(31-57)28-51(52(50)41-23-20-40(26-34(41)3)53(54,55)56)59-47-17-7-5-15-43(47)45-22-19-39(30-49(45)59)37-13-9-11-33(2)25-37/h4-30H,1-3H3. The first-order chi connectivity index (χ1) is 28.6. The van der Waals surface area contributed by atoms with Crippen molar-refractivity contribution in [2.75, 3.05) is 0 Å². The molecular formula is C53H36F3N3. The van der Waals surface area contributed by atoms with Crippen LogP contribution in [0.4, 0.5) is 13.2 Å². The molecule has 8 aromatic carbocycles. The number of benzene rings is 8. The van der Waals surface area contributed by atoms with E-state index in [2.05, 4.69) is 138 Å². The van der Waals surface area contributed by atoms with Crippen LogP contribution in [0.3, 0.4) is 0 Å². The van der Waals surface area contributed by atoms with Gasteiger partial charge >= 0.3 is 6.18 Å². The topological polar surface area (TPSA) is 33.6 Å². The third-order valence-corrected chi connectivity index (χ3v) is 11.6. The Morgan fingerprint density at radius 2 is 0.932 bits per heavy atom. The second-order valence-electron chi connectivity index (χ2n) is 15.4. The van der Waals surface area contributed by atoms with Crippen LogP contribution in [0.1, 0.15) is 27.8 Å². The van der Waals surface area contributed by atoms with Gasteiger partial charge in [0.2, 0.25) is 0 Å². The van der Waals surface area contributed by atoms with E-state index in [0.29, 0.717) is 33.6 Å². The lowest BCUT2D eigenvalue weighted by atomic mass is 9.93. The van der Waals surface area contributed by atoms with E-state index in [4.69, 9.17) is 0 Å². The maximum atomic E-state index is 14.3. The number of aryl methyl sites for hydroxylation is 3. The third kappa shape index (κ3) is 5.97. The predicted octanol–water partition coefficient (Wildman–Crippen LogP) is 14.7. The maximum Gasteiger partial charge on any atom is 0.416 e. The number of rotatable bonds is 5. The van der Waals surface area contributed by atoms with Gasteiger partial charge < -0.3 is 9.13 Å². The molecule has 0 aliphatic rings. The minimum absolute atomic E-state index is 0.421. The lowest BCUT2D eigenvalue weighted by molar-refractivity contribution is -0.137. The summed E-state index contributed by atoms with van der Waals surface area (Å²) < 4.78 is 47.2. The number of nitrogens with zero attached hydrogens (tertiary/aromatic N) is 3. The van der Waals surface area contributed by atoms with Crippen LogP contribution in [0.25, 0.3) is 88.4 Å². The van der Waals surface area contributed by atoms with E-state index in [1.165, 1.54) is 6.07 Å². The molecule has 0 unspecified atom stereocenters. The number of nitriles is 1. The van der Waals surface area contributed by atoms with Crippen molar-refractivity contribution in [2.24, 2.45) is 0 Å². The van der Waals surface area contributed by atoms with Gasteiger partial charge in [0.25, 0.3) is 0 Å². The van der Waals surface area contributed by atoms with E-state index in [1.54, 1.807) is 13.0 Å². The molecule has 0 atom stereocenters. The highest BCUT2D eigenvalue weighted by Gasteiger charge is 2.32. The van der Waals surface area contributed by atoms with Gasteiger partial charge in [0, 0.05) is 27.1 Å². The summed E-state index contributed by atoms with van der Waals surface area (Å²) >= 11 is 0. The Hall–Kier alpha value is -7.36. The average molecular weight is 772 g/mol. The van der Waals surface area contributed by atoms with Crippen LogP contribution in [0.15, 0.2) is 164 Å². The summed E-state index contributed by atoms with van der Waals surface area (Å²) in [5.41, 5.74) is 13.1. The van der Waals surface area contributed by atoms with E-state index in [1.807, 2.05) is 36.4 Å². The zero-order valence-corrected chi connectivity index (χ0v) is 32.6. The third-order valence-electron chi connectivity index (χ3n) is 11.6. The number of para-hydroxylation sites is 2. The summed E-state index contributed by atoms with van der Waals surface area (Å²) in [5.74, 6) is 0. The van der Waals surface area contributed by atoms with Crippen molar-refractivity contribution < 1.29 is 13.2 Å². The van der Waals surface area contributed by atoms with E-state index in [0.717, 1.165) is 83.1 Å². The van der Waals surface area contributed by atoms with Crippen LogP contribution in [0.5, 0.6) is 0 Å². The van der Waals surface area contributed by atoms with E-state index >= 15 is 0 Å². The number of alkyl halides is 3. The van der Waals surface area contributed by atoms with Gasteiger partial charge in [0.05, 0.1) is 50.6 Å². The van der Waals surface area contributed by atoms with Crippen LogP contribution in [-0.4, -0.2) is 9.13 Å². The zero-order valence-electron chi connectivity index (χ0n) is 32.6. The van der Waals surface area contributed by atoms with E-state index < -0.39 is 11.7 Å². The number of fused-ring (bicyclic) bond motifs is 6. The molecule has 0 fully saturated rings. The van der Waals surface area contributed by atoms with Crippen LogP contribution >= 0.6 is 0 Å². The largest absolute Gasteiger partial charge is 0.416 e. The molecule has 0 aliphatic carbocycles. The summed E-state index contributed by atoms with van der Waals surface area (Å²) in [5, 5.41) is 14.9. The van der Waals surface area contributed by atoms with Gasteiger partial charge in [-0.05, 0) is 103 Å². The molecule has 0 saturated carbocycles. The molecule has 0 N–H and O–H groups in total. The molecule has 10 rings (SSSR count). The van der Waals surface area contributed by atoms with Gasteiger partial charge in [0.15, 0.2) is 0 Å². The quantitative estimate of drug-likeness (QED) is 0.172. The molecule has 0 spiro atoms. The van der Waals surface area contributed by atoms with E-state index in [9.17, 15) is 18.4 Å². The van der Waals surface area contributed by atoms with Crippen molar-refractivity contribution >= 4 is 43.6 Å². The van der Waals surface area contributed by atoms with Crippen molar-refractivity contribution in [3.05, 3.63) is 192 Å². The van der Waals surface area contributed by atoms with Crippen LogP contribution in [0, 0.1) is 32.1 Å². The summed E-state index contributed by atoms with van der Waals surface area (Å²) in [4.78, 5) is 0. The first kappa shape index (κ1) is 36.0. The van der Waals surface area contributed by atoms with Crippen LogP contribution in [0.2, 0.25) is 0 Å². The predicted molar refractivity (Wildman–Crippen MR) is 235 cm³/mol. The Bertz CT molecular complexity index is 3190. The first-order valence-corrected chi connectivity index (χ1v) is 19.5. The Morgan fingerprint density at radius 1 is 0.458 bits per heavy atom. The lowest BCUT2D eigenvalue weighted by Crippen LogP contribution is -2.08. The Balaban J connectivity index is 1.37. The number of halogens is 3. The van der Waals surface area contributed by atoms with Crippen molar-refractivity contribution in [1.29, 1.82) is 5.26 Å². The van der Waals surface area contributed by atoms with Gasteiger partial charge in [-0.1, -0.05) is 126 Å². The fraction of sp³-hybridized carbons (Fsp3) is 0.0755. The number of aromatic nitrogens is 2. The van der Waals surface area contributed by atoms with E-state index in [-0.39, 0.29) is 0 Å². The van der Waals surface area contributed by atoms with Crippen molar-refractivity contribution in [1.82, 2.24) is 9.13 Å². The first-order valence-electron chi connectivity index (χ1n) is 19.5. The second-order valence-corrected chi connectivity index (χ2v) is 15.4. The molecule has 59 heavy (non-hydrogen) atoms. The van der Waals surface area contributed by atoms with Gasteiger partial charge in [-0.15, -0.1) is 0 Å². The molecule has 10 aromatic rings. The summed E-state index contributed by atoms with van der Waals surface area (Å²) in [6.07, 6.45) is -4.52. The summed E-state index contributed by atoms with van der Waals surface area (Å²) in [6, 6.07) is 56.2.